The Morgan fingerprint density at radius 2 is 2.00 bits per heavy atom. The molecule has 0 atom stereocenters. The van der Waals surface area contributed by atoms with Crippen LogP contribution in [0.1, 0.15) is 23.1 Å². The van der Waals surface area contributed by atoms with Crippen LogP contribution >= 0.6 is 15.9 Å². The lowest BCUT2D eigenvalue weighted by Gasteiger charge is -2.11. The van der Waals surface area contributed by atoms with Gasteiger partial charge in [-0.15, -0.1) is 0 Å². The molecule has 0 unspecified atom stereocenters. The van der Waals surface area contributed by atoms with Crippen molar-refractivity contribution >= 4 is 27.6 Å². The molecule has 2 amide bonds. The Morgan fingerprint density at radius 1 is 1.17 bits per heavy atom. The number of hydrogen-bond acceptors (Lipinski definition) is 2. The molecule has 0 bridgehead atoms. The molecule has 0 saturated heterocycles. The summed E-state index contributed by atoms with van der Waals surface area (Å²) in [5.74, 6) is 0.876. The van der Waals surface area contributed by atoms with Crippen LogP contribution in [0, 0.1) is 6.92 Å². The molecule has 3 rings (SSSR count). The molecular formula is C19H21BrN2O2. The minimum absolute atomic E-state index is 0.224. The van der Waals surface area contributed by atoms with E-state index in [9.17, 15) is 4.79 Å². The van der Waals surface area contributed by atoms with E-state index in [1.54, 1.807) is 0 Å². The van der Waals surface area contributed by atoms with Crippen molar-refractivity contribution < 1.29 is 9.53 Å². The van der Waals surface area contributed by atoms with Gasteiger partial charge in [-0.25, -0.2) is 4.79 Å². The minimum atomic E-state index is -0.224. The van der Waals surface area contributed by atoms with E-state index >= 15 is 0 Å². The fraction of sp³-hybridized carbons (Fsp3) is 0.316. The Bertz CT molecular complexity index is 746. The Kier molecular flexibility index (Phi) is 5.41. The number of amides is 2. The molecule has 4 nitrogen and oxygen atoms in total. The number of hydrogen-bond donors (Lipinski definition) is 2. The van der Waals surface area contributed by atoms with Gasteiger partial charge in [-0.2, -0.15) is 0 Å². The number of carbonyl (C=O) groups excluding carboxylic acids is 1. The quantitative estimate of drug-likeness (QED) is 0.743. The maximum Gasteiger partial charge on any atom is 0.319 e. The van der Waals surface area contributed by atoms with E-state index in [2.05, 4.69) is 38.7 Å². The maximum atomic E-state index is 11.9. The zero-order valence-corrected chi connectivity index (χ0v) is 15.3. The monoisotopic (exact) mass is 388 g/mol. The van der Waals surface area contributed by atoms with Crippen molar-refractivity contribution in [1.82, 2.24) is 5.32 Å². The molecule has 24 heavy (non-hydrogen) atoms. The van der Waals surface area contributed by atoms with Gasteiger partial charge in [-0.1, -0.05) is 22.0 Å². The first-order valence-electron chi connectivity index (χ1n) is 8.17. The summed E-state index contributed by atoms with van der Waals surface area (Å²) >= 11 is 3.41. The second-order valence-corrected chi connectivity index (χ2v) is 6.89. The first-order chi connectivity index (χ1) is 11.6. The van der Waals surface area contributed by atoms with E-state index in [-0.39, 0.29) is 6.03 Å². The first-order valence-corrected chi connectivity index (χ1v) is 8.97. The van der Waals surface area contributed by atoms with E-state index in [1.807, 2.05) is 31.2 Å². The van der Waals surface area contributed by atoms with Crippen molar-refractivity contribution in [3.63, 3.8) is 0 Å². The summed E-state index contributed by atoms with van der Waals surface area (Å²) in [4.78, 5) is 11.9. The molecule has 0 spiro atoms. The number of urea groups is 1. The SMILES string of the molecule is Cc1cc(Br)ccc1NC(=O)NCCOc1ccc2c(c1)CCC2. The van der Waals surface area contributed by atoms with E-state index < -0.39 is 0 Å². The van der Waals surface area contributed by atoms with Gasteiger partial charge in [-0.05, 0) is 73.2 Å². The maximum absolute atomic E-state index is 11.9. The number of fused-ring (bicyclic) bond motifs is 1. The standard InChI is InChI=1S/C19H21BrN2O2/c1-13-11-16(20)6-8-18(13)22-19(23)21-9-10-24-17-7-5-14-3-2-4-15(14)12-17/h5-8,11-12H,2-4,9-10H2,1H3,(H2,21,22,23). The van der Waals surface area contributed by atoms with Crippen molar-refractivity contribution in [2.24, 2.45) is 0 Å². The Hall–Kier alpha value is -2.01. The summed E-state index contributed by atoms with van der Waals surface area (Å²) in [5, 5.41) is 5.65. The average molecular weight is 389 g/mol. The summed E-state index contributed by atoms with van der Waals surface area (Å²) in [6.07, 6.45) is 3.54. The third-order valence-electron chi connectivity index (χ3n) is 4.16. The molecule has 0 aliphatic heterocycles. The second-order valence-electron chi connectivity index (χ2n) is 5.97. The predicted octanol–water partition coefficient (Wildman–Crippen LogP) is 4.45. The van der Waals surface area contributed by atoms with Crippen molar-refractivity contribution in [2.75, 3.05) is 18.5 Å². The average Bonchev–Trinajstić information content (AvgIpc) is 3.02. The topological polar surface area (TPSA) is 50.4 Å². The molecule has 0 radical (unpaired) electrons. The number of nitrogens with one attached hydrogen (secondary N) is 2. The summed E-state index contributed by atoms with van der Waals surface area (Å²) < 4.78 is 6.72. The Balaban J connectivity index is 1.42. The Labute approximate surface area is 150 Å². The van der Waals surface area contributed by atoms with Gasteiger partial charge in [0.1, 0.15) is 12.4 Å². The molecule has 2 aromatic carbocycles. The molecule has 0 heterocycles. The number of benzene rings is 2. The third-order valence-corrected chi connectivity index (χ3v) is 4.66. The van der Waals surface area contributed by atoms with Crippen LogP contribution in [-0.4, -0.2) is 19.2 Å². The van der Waals surface area contributed by atoms with E-state index in [0.29, 0.717) is 13.2 Å². The zero-order valence-electron chi connectivity index (χ0n) is 13.7. The zero-order chi connectivity index (χ0) is 16.9. The molecule has 0 saturated carbocycles. The van der Waals surface area contributed by atoms with Crippen molar-refractivity contribution in [3.8, 4) is 5.75 Å². The number of halogens is 1. The van der Waals surface area contributed by atoms with Crippen molar-refractivity contribution in [3.05, 3.63) is 57.6 Å². The number of rotatable bonds is 5. The molecular weight excluding hydrogens is 368 g/mol. The molecule has 2 N–H and O–H groups in total. The number of ether oxygens (including phenoxy) is 1. The van der Waals surface area contributed by atoms with Crippen LogP contribution in [-0.2, 0) is 12.8 Å². The van der Waals surface area contributed by atoms with E-state index in [1.165, 1.54) is 24.0 Å². The normalized spacial score (nSPS) is 12.6. The van der Waals surface area contributed by atoms with Gasteiger partial charge in [-0.3, -0.25) is 0 Å². The Morgan fingerprint density at radius 3 is 2.83 bits per heavy atom. The van der Waals surface area contributed by atoms with Crippen LogP contribution in [0.4, 0.5) is 10.5 Å². The highest BCUT2D eigenvalue weighted by Gasteiger charge is 2.11. The summed E-state index contributed by atoms with van der Waals surface area (Å²) in [6, 6.07) is 11.8. The molecule has 0 aromatic heterocycles. The lowest BCUT2D eigenvalue weighted by molar-refractivity contribution is 0.247. The summed E-state index contributed by atoms with van der Waals surface area (Å²) in [7, 11) is 0. The highest BCUT2D eigenvalue weighted by atomic mass is 79.9. The van der Waals surface area contributed by atoms with Crippen LogP contribution < -0.4 is 15.4 Å². The third kappa shape index (κ3) is 4.29. The first kappa shape index (κ1) is 16.8. The summed E-state index contributed by atoms with van der Waals surface area (Å²) in [6.45, 7) is 2.86. The molecule has 5 heteroatoms. The molecule has 1 aliphatic carbocycles. The van der Waals surface area contributed by atoms with Gasteiger partial charge < -0.3 is 15.4 Å². The lowest BCUT2D eigenvalue weighted by atomic mass is 10.1. The highest BCUT2D eigenvalue weighted by molar-refractivity contribution is 9.10. The number of carbonyl (C=O) groups is 1. The van der Waals surface area contributed by atoms with E-state index in [0.717, 1.165) is 27.9 Å². The fourth-order valence-corrected chi connectivity index (χ4v) is 3.38. The van der Waals surface area contributed by atoms with Crippen molar-refractivity contribution in [1.29, 1.82) is 0 Å². The largest absolute Gasteiger partial charge is 0.492 e. The molecule has 126 valence electrons. The van der Waals surface area contributed by atoms with Crippen LogP contribution in [0.2, 0.25) is 0 Å². The van der Waals surface area contributed by atoms with Gasteiger partial charge in [0, 0.05) is 10.2 Å². The smallest absolute Gasteiger partial charge is 0.319 e. The molecule has 2 aromatic rings. The van der Waals surface area contributed by atoms with Crippen LogP contribution in [0.5, 0.6) is 5.75 Å². The highest BCUT2D eigenvalue weighted by Crippen LogP contribution is 2.26. The van der Waals surface area contributed by atoms with Crippen molar-refractivity contribution in [2.45, 2.75) is 26.2 Å². The molecule has 0 fully saturated rings. The van der Waals surface area contributed by atoms with Gasteiger partial charge in [0.25, 0.3) is 0 Å². The lowest BCUT2D eigenvalue weighted by Crippen LogP contribution is -2.32. The van der Waals surface area contributed by atoms with E-state index in [4.69, 9.17) is 4.74 Å². The number of aryl methyl sites for hydroxylation is 3. The predicted molar refractivity (Wildman–Crippen MR) is 99.9 cm³/mol. The van der Waals surface area contributed by atoms with Crippen LogP contribution in [0.3, 0.4) is 0 Å². The van der Waals surface area contributed by atoms with Gasteiger partial charge in [0.15, 0.2) is 0 Å². The second kappa shape index (κ2) is 7.71. The minimum Gasteiger partial charge on any atom is -0.492 e. The molecule has 1 aliphatic rings. The van der Waals surface area contributed by atoms with Gasteiger partial charge in [0.2, 0.25) is 0 Å². The van der Waals surface area contributed by atoms with Crippen LogP contribution in [0.15, 0.2) is 40.9 Å². The summed E-state index contributed by atoms with van der Waals surface area (Å²) in [5.41, 5.74) is 4.64. The fourth-order valence-electron chi connectivity index (χ4n) is 2.91. The van der Waals surface area contributed by atoms with Gasteiger partial charge >= 0.3 is 6.03 Å². The van der Waals surface area contributed by atoms with Gasteiger partial charge in [0.05, 0.1) is 6.54 Å². The number of anilines is 1. The van der Waals surface area contributed by atoms with Crippen LogP contribution in [0.25, 0.3) is 0 Å².